The van der Waals surface area contributed by atoms with E-state index in [9.17, 15) is 4.79 Å². The molecule has 0 N–H and O–H groups in total. The molecule has 1 saturated heterocycles. The Morgan fingerprint density at radius 3 is 2.53 bits per heavy atom. The van der Waals surface area contributed by atoms with Crippen molar-refractivity contribution in [2.24, 2.45) is 5.92 Å². The van der Waals surface area contributed by atoms with Crippen molar-refractivity contribution in [3.63, 3.8) is 0 Å². The number of ketones is 1. The molecule has 4 nitrogen and oxygen atoms in total. The Bertz CT molecular complexity index is 342. The lowest BCUT2D eigenvalue weighted by atomic mass is 9.95. The number of hydrogen-bond donors (Lipinski definition) is 0. The average Bonchev–Trinajstić information content (AvgIpc) is 2.30. The van der Waals surface area contributed by atoms with Crippen LogP contribution in [0.2, 0.25) is 0 Å². The molecule has 0 aromatic carbocycles. The van der Waals surface area contributed by atoms with Crippen LogP contribution in [-0.2, 0) is 4.74 Å². The number of hydrogen-bond acceptors (Lipinski definition) is 4. The summed E-state index contributed by atoms with van der Waals surface area (Å²) < 4.78 is 5.21. The largest absolute Gasteiger partial charge is 0.381 e. The number of aryl methyl sites for hydroxylation is 1. The van der Waals surface area contributed by atoms with Gasteiger partial charge in [0.15, 0.2) is 5.82 Å². The fourth-order valence-electron chi connectivity index (χ4n) is 1.66. The zero-order valence-corrected chi connectivity index (χ0v) is 8.77. The molecule has 1 aliphatic rings. The predicted molar refractivity (Wildman–Crippen MR) is 54.6 cm³/mol. The van der Waals surface area contributed by atoms with Crippen LogP contribution in [0, 0.1) is 12.8 Å². The van der Waals surface area contributed by atoms with Gasteiger partial charge in [0.25, 0.3) is 0 Å². The highest BCUT2D eigenvalue weighted by Crippen LogP contribution is 2.18. The normalized spacial score (nSPS) is 17.7. The molecule has 0 aliphatic carbocycles. The summed E-state index contributed by atoms with van der Waals surface area (Å²) in [6.45, 7) is 3.24. The van der Waals surface area contributed by atoms with Gasteiger partial charge in [-0.25, -0.2) is 9.97 Å². The van der Waals surface area contributed by atoms with E-state index in [0.717, 1.165) is 18.4 Å². The maximum atomic E-state index is 11.9. The smallest absolute Gasteiger partial charge is 0.203 e. The third kappa shape index (κ3) is 2.39. The van der Waals surface area contributed by atoms with E-state index in [0.29, 0.717) is 19.0 Å². The van der Waals surface area contributed by atoms with Crippen molar-refractivity contribution < 1.29 is 9.53 Å². The number of nitrogens with zero attached hydrogens (tertiary/aromatic N) is 2. The van der Waals surface area contributed by atoms with Crippen molar-refractivity contribution in [1.29, 1.82) is 0 Å². The van der Waals surface area contributed by atoms with Gasteiger partial charge in [0.05, 0.1) is 0 Å². The van der Waals surface area contributed by atoms with Crippen LogP contribution in [0.15, 0.2) is 12.4 Å². The Morgan fingerprint density at radius 2 is 1.93 bits per heavy atom. The fraction of sp³-hybridized carbons (Fsp3) is 0.545. The van der Waals surface area contributed by atoms with E-state index < -0.39 is 0 Å². The van der Waals surface area contributed by atoms with Gasteiger partial charge in [0.2, 0.25) is 5.78 Å². The van der Waals surface area contributed by atoms with Crippen LogP contribution >= 0.6 is 0 Å². The van der Waals surface area contributed by atoms with Crippen molar-refractivity contribution in [3.8, 4) is 0 Å². The van der Waals surface area contributed by atoms with Crippen LogP contribution in [0.1, 0.15) is 29.0 Å². The first-order valence-corrected chi connectivity index (χ1v) is 5.18. The van der Waals surface area contributed by atoms with Crippen LogP contribution in [0.3, 0.4) is 0 Å². The first-order chi connectivity index (χ1) is 7.27. The molecular weight excluding hydrogens is 192 g/mol. The Hall–Kier alpha value is -1.29. The van der Waals surface area contributed by atoms with E-state index in [1.54, 1.807) is 12.4 Å². The molecule has 1 fully saturated rings. The van der Waals surface area contributed by atoms with Crippen molar-refractivity contribution in [1.82, 2.24) is 9.97 Å². The second-order valence-electron chi connectivity index (χ2n) is 3.83. The second-order valence-corrected chi connectivity index (χ2v) is 3.83. The molecule has 15 heavy (non-hydrogen) atoms. The van der Waals surface area contributed by atoms with E-state index in [4.69, 9.17) is 4.74 Å². The summed E-state index contributed by atoms with van der Waals surface area (Å²) in [6, 6.07) is 0. The standard InChI is InChI=1S/C11H14N2O2/c1-8-6-12-11(13-7-8)10(14)9-2-4-15-5-3-9/h6-7,9H,2-5H2,1H3. The lowest BCUT2D eigenvalue weighted by molar-refractivity contribution is 0.0538. The van der Waals surface area contributed by atoms with Crippen molar-refractivity contribution >= 4 is 5.78 Å². The summed E-state index contributed by atoms with van der Waals surface area (Å²) in [5, 5.41) is 0. The molecule has 0 saturated carbocycles. The van der Waals surface area contributed by atoms with E-state index in [1.165, 1.54) is 0 Å². The summed E-state index contributed by atoms with van der Waals surface area (Å²) in [5.74, 6) is 0.437. The molecule has 0 radical (unpaired) electrons. The summed E-state index contributed by atoms with van der Waals surface area (Å²) in [6.07, 6.45) is 4.94. The topological polar surface area (TPSA) is 52.1 Å². The van der Waals surface area contributed by atoms with E-state index in [1.807, 2.05) is 6.92 Å². The Balaban J connectivity index is 2.09. The average molecular weight is 206 g/mol. The lowest BCUT2D eigenvalue weighted by Crippen LogP contribution is -2.24. The van der Waals surface area contributed by atoms with E-state index in [-0.39, 0.29) is 11.7 Å². The minimum atomic E-state index is 0.0430. The van der Waals surface area contributed by atoms with Gasteiger partial charge in [-0.3, -0.25) is 4.79 Å². The lowest BCUT2D eigenvalue weighted by Gasteiger charge is -2.19. The maximum absolute atomic E-state index is 11.9. The van der Waals surface area contributed by atoms with Crippen molar-refractivity contribution in [3.05, 3.63) is 23.8 Å². The number of carbonyl (C=O) groups is 1. The Morgan fingerprint density at radius 1 is 1.33 bits per heavy atom. The molecule has 2 heterocycles. The Labute approximate surface area is 88.7 Å². The maximum Gasteiger partial charge on any atom is 0.203 e. The summed E-state index contributed by atoms with van der Waals surface area (Å²) >= 11 is 0. The molecular formula is C11H14N2O2. The molecule has 1 aliphatic heterocycles. The van der Waals surface area contributed by atoms with Gasteiger partial charge >= 0.3 is 0 Å². The molecule has 0 amide bonds. The Kier molecular flexibility index (Phi) is 3.06. The van der Waals surface area contributed by atoms with E-state index >= 15 is 0 Å². The quantitative estimate of drug-likeness (QED) is 0.686. The van der Waals surface area contributed by atoms with Crippen molar-refractivity contribution in [2.75, 3.05) is 13.2 Å². The van der Waals surface area contributed by atoms with Gasteiger partial charge in [-0.1, -0.05) is 0 Å². The molecule has 1 aromatic heterocycles. The third-order valence-electron chi connectivity index (χ3n) is 2.59. The number of carbonyl (C=O) groups excluding carboxylic acids is 1. The molecule has 0 atom stereocenters. The molecule has 0 unspecified atom stereocenters. The second kappa shape index (κ2) is 4.49. The summed E-state index contributed by atoms with van der Waals surface area (Å²) in [5.41, 5.74) is 0.971. The van der Waals surface area contributed by atoms with Gasteiger partial charge in [-0.2, -0.15) is 0 Å². The minimum Gasteiger partial charge on any atom is -0.381 e. The monoisotopic (exact) mass is 206 g/mol. The zero-order valence-electron chi connectivity index (χ0n) is 8.77. The van der Waals surface area contributed by atoms with Gasteiger partial charge < -0.3 is 4.74 Å². The highest BCUT2D eigenvalue weighted by Gasteiger charge is 2.24. The number of aromatic nitrogens is 2. The SMILES string of the molecule is Cc1cnc(C(=O)C2CCOCC2)nc1. The minimum absolute atomic E-state index is 0.0430. The highest BCUT2D eigenvalue weighted by atomic mass is 16.5. The first-order valence-electron chi connectivity index (χ1n) is 5.18. The van der Waals surface area contributed by atoms with Crippen LogP contribution in [-0.4, -0.2) is 29.0 Å². The van der Waals surface area contributed by atoms with Gasteiger partial charge in [-0.05, 0) is 25.3 Å². The molecule has 4 heteroatoms. The van der Waals surface area contributed by atoms with Crippen LogP contribution < -0.4 is 0 Å². The number of rotatable bonds is 2. The van der Waals surface area contributed by atoms with Gasteiger partial charge in [-0.15, -0.1) is 0 Å². The molecule has 0 bridgehead atoms. The fourth-order valence-corrected chi connectivity index (χ4v) is 1.66. The molecule has 1 aromatic rings. The van der Waals surface area contributed by atoms with Gasteiger partial charge in [0, 0.05) is 31.5 Å². The van der Waals surface area contributed by atoms with Crippen LogP contribution in [0.4, 0.5) is 0 Å². The molecule has 80 valence electrons. The number of Topliss-reactive ketones (excluding diaryl/α,β-unsaturated/α-hetero) is 1. The number of ether oxygens (including phenoxy) is 1. The van der Waals surface area contributed by atoms with E-state index in [2.05, 4.69) is 9.97 Å². The van der Waals surface area contributed by atoms with Crippen LogP contribution in [0.5, 0.6) is 0 Å². The zero-order chi connectivity index (χ0) is 10.7. The molecule has 0 spiro atoms. The third-order valence-corrected chi connectivity index (χ3v) is 2.59. The summed E-state index contributed by atoms with van der Waals surface area (Å²) in [7, 11) is 0. The predicted octanol–water partition coefficient (Wildman–Crippen LogP) is 1.39. The first kappa shape index (κ1) is 10.2. The molecule has 2 rings (SSSR count). The summed E-state index contributed by atoms with van der Waals surface area (Å²) in [4.78, 5) is 20.0. The van der Waals surface area contributed by atoms with Crippen molar-refractivity contribution in [2.45, 2.75) is 19.8 Å². The highest BCUT2D eigenvalue weighted by molar-refractivity contribution is 5.94. The van der Waals surface area contributed by atoms with Gasteiger partial charge in [0.1, 0.15) is 0 Å². The van der Waals surface area contributed by atoms with Crippen LogP contribution in [0.25, 0.3) is 0 Å².